The van der Waals surface area contributed by atoms with Crippen molar-refractivity contribution in [2.75, 3.05) is 12.9 Å². The van der Waals surface area contributed by atoms with Crippen LogP contribution in [0.2, 0.25) is 0 Å². The van der Waals surface area contributed by atoms with Gasteiger partial charge in [0.2, 0.25) is 0 Å². The van der Waals surface area contributed by atoms with E-state index in [1.165, 1.54) is 11.8 Å². The Bertz CT molecular complexity index is 789. The molecular formula is C15H12N4OS. The van der Waals surface area contributed by atoms with Gasteiger partial charge in [0.05, 0.1) is 41.7 Å². The molecule has 2 aromatic heterocycles. The number of methoxy groups -OCH3 is 1. The van der Waals surface area contributed by atoms with Gasteiger partial charge in [0.25, 0.3) is 0 Å². The molecular weight excluding hydrogens is 284 g/mol. The summed E-state index contributed by atoms with van der Waals surface area (Å²) in [6, 6.07) is 9.81. The van der Waals surface area contributed by atoms with E-state index in [0.29, 0.717) is 5.75 Å². The van der Waals surface area contributed by atoms with Gasteiger partial charge in [0.1, 0.15) is 11.6 Å². The van der Waals surface area contributed by atoms with Crippen LogP contribution >= 0.6 is 11.8 Å². The smallest absolute Gasteiger partial charge is 0.142 e. The Morgan fingerprint density at radius 2 is 2.29 bits per heavy atom. The van der Waals surface area contributed by atoms with E-state index in [9.17, 15) is 0 Å². The molecule has 3 rings (SSSR count). The molecule has 0 aliphatic heterocycles. The minimum atomic E-state index is 0.415. The lowest BCUT2D eigenvalue weighted by molar-refractivity contribution is 0.415. The van der Waals surface area contributed by atoms with Gasteiger partial charge in [-0.05, 0) is 24.3 Å². The van der Waals surface area contributed by atoms with Crippen LogP contribution in [0.25, 0.3) is 22.4 Å². The van der Waals surface area contributed by atoms with Crippen LogP contribution in [-0.2, 0) is 0 Å². The maximum absolute atomic E-state index is 8.64. The van der Waals surface area contributed by atoms with E-state index in [1.54, 1.807) is 19.5 Å². The summed E-state index contributed by atoms with van der Waals surface area (Å²) >= 11 is 1.48. The fourth-order valence-corrected chi connectivity index (χ4v) is 2.64. The predicted octanol–water partition coefficient (Wildman–Crippen LogP) is 3.25. The van der Waals surface area contributed by atoms with Crippen molar-refractivity contribution in [3.63, 3.8) is 0 Å². The van der Waals surface area contributed by atoms with Gasteiger partial charge in [0, 0.05) is 11.1 Å². The van der Waals surface area contributed by atoms with Gasteiger partial charge in [-0.3, -0.25) is 4.98 Å². The van der Waals surface area contributed by atoms with E-state index in [0.717, 1.165) is 33.1 Å². The van der Waals surface area contributed by atoms with Crippen LogP contribution in [0.1, 0.15) is 0 Å². The van der Waals surface area contributed by atoms with E-state index < -0.39 is 0 Å². The van der Waals surface area contributed by atoms with Crippen LogP contribution in [0.4, 0.5) is 0 Å². The van der Waals surface area contributed by atoms with Crippen LogP contribution in [0.15, 0.2) is 41.6 Å². The lowest BCUT2D eigenvalue weighted by Gasteiger charge is -2.08. The van der Waals surface area contributed by atoms with Crippen molar-refractivity contribution in [3.05, 3.63) is 36.7 Å². The first-order valence-electron chi connectivity index (χ1n) is 6.29. The zero-order valence-electron chi connectivity index (χ0n) is 11.3. The molecule has 104 valence electrons. The lowest BCUT2D eigenvalue weighted by atomic mass is 10.2. The highest BCUT2D eigenvalue weighted by Crippen LogP contribution is 2.33. The monoisotopic (exact) mass is 296 g/mol. The number of nitriles is 1. The molecule has 1 aromatic carbocycles. The van der Waals surface area contributed by atoms with Gasteiger partial charge in [-0.15, -0.1) is 11.8 Å². The Hall–Kier alpha value is -2.52. The number of fused-ring (bicyclic) bond motifs is 1. The van der Waals surface area contributed by atoms with Crippen molar-refractivity contribution in [1.82, 2.24) is 15.0 Å². The Kier molecular flexibility index (Phi) is 3.75. The number of hydrogen-bond donors (Lipinski definition) is 1. The summed E-state index contributed by atoms with van der Waals surface area (Å²) in [5.74, 6) is 1.88. The third-order valence-electron chi connectivity index (χ3n) is 3.01. The number of aromatic amines is 1. The van der Waals surface area contributed by atoms with Crippen LogP contribution < -0.4 is 4.74 Å². The zero-order valence-corrected chi connectivity index (χ0v) is 12.1. The van der Waals surface area contributed by atoms with Gasteiger partial charge in [-0.1, -0.05) is 0 Å². The summed E-state index contributed by atoms with van der Waals surface area (Å²) in [5.41, 5.74) is 2.64. The minimum Gasteiger partial charge on any atom is -0.496 e. The molecule has 5 nitrogen and oxygen atoms in total. The van der Waals surface area contributed by atoms with Crippen molar-refractivity contribution in [3.8, 4) is 23.2 Å². The number of hydrogen-bond acceptors (Lipinski definition) is 5. The summed E-state index contributed by atoms with van der Waals surface area (Å²) in [6.45, 7) is 0. The first kappa shape index (κ1) is 13.5. The maximum atomic E-state index is 8.64. The van der Waals surface area contributed by atoms with Crippen LogP contribution in [0.5, 0.6) is 5.75 Å². The molecule has 0 saturated heterocycles. The van der Waals surface area contributed by atoms with Crippen LogP contribution in [0, 0.1) is 11.3 Å². The first-order valence-corrected chi connectivity index (χ1v) is 7.28. The Morgan fingerprint density at radius 1 is 1.38 bits per heavy atom. The molecule has 21 heavy (non-hydrogen) atoms. The first-order chi connectivity index (χ1) is 10.3. The largest absolute Gasteiger partial charge is 0.496 e. The molecule has 3 aromatic rings. The fourth-order valence-electron chi connectivity index (χ4n) is 2.06. The highest BCUT2D eigenvalue weighted by atomic mass is 32.2. The second-order valence-corrected chi connectivity index (χ2v) is 5.34. The topological polar surface area (TPSA) is 74.6 Å². The van der Waals surface area contributed by atoms with Gasteiger partial charge in [-0.2, -0.15) is 5.26 Å². The number of thioether (sulfide) groups is 1. The average Bonchev–Trinajstić information content (AvgIpc) is 2.96. The van der Waals surface area contributed by atoms with Gasteiger partial charge >= 0.3 is 0 Å². The molecule has 6 heteroatoms. The number of rotatable bonds is 4. The number of H-pyrrole nitrogens is 1. The Balaban J connectivity index is 2.03. The standard InChI is InChI=1S/C15H12N4OS/c1-20-14-8-10(21-7-5-16)2-3-11(14)15-18-12-4-6-17-9-13(12)19-15/h2-4,6,8-9H,7H2,1H3,(H,18,19). The van der Waals surface area contributed by atoms with Gasteiger partial charge < -0.3 is 9.72 Å². The molecule has 0 amide bonds. The Morgan fingerprint density at radius 3 is 3.05 bits per heavy atom. The predicted molar refractivity (Wildman–Crippen MR) is 82.2 cm³/mol. The number of nitrogens with one attached hydrogen (secondary N) is 1. The summed E-state index contributed by atoms with van der Waals surface area (Å²) in [4.78, 5) is 12.9. The molecule has 0 fully saturated rings. The molecule has 0 atom stereocenters. The number of aromatic nitrogens is 3. The molecule has 1 N–H and O–H groups in total. The quantitative estimate of drug-likeness (QED) is 0.748. The normalized spacial score (nSPS) is 10.5. The minimum absolute atomic E-state index is 0.415. The maximum Gasteiger partial charge on any atom is 0.142 e. The van der Waals surface area contributed by atoms with E-state index in [-0.39, 0.29) is 0 Å². The van der Waals surface area contributed by atoms with Crippen molar-refractivity contribution in [2.24, 2.45) is 0 Å². The highest BCUT2D eigenvalue weighted by Gasteiger charge is 2.11. The second kappa shape index (κ2) is 5.85. The summed E-state index contributed by atoms with van der Waals surface area (Å²) in [7, 11) is 1.63. The summed E-state index contributed by atoms with van der Waals surface area (Å²) in [5, 5.41) is 8.64. The second-order valence-electron chi connectivity index (χ2n) is 4.29. The van der Waals surface area contributed by atoms with Crippen LogP contribution in [0.3, 0.4) is 0 Å². The lowest BCUT2D eigenvalue weighted by Crippen LogP contribution is -1.90. The SMILES string of the molecule is COc1cc(SCC#N)ccc1-c1nc2ccncc2[nH]1. The molecule has 2 heterocycles. The molecule has 0 bridgehead atoms. The average molecular weight is 296 g/mol. The van der Waals surface area contributed by atoms with Crippen LogP contribution in [-0.4, -0.2) is 27.8 Å². The fraction of sp³-hybridized carbons (Fsp3) is 0.133. The number of ether oxygens (including phenoxy) is 1. The Labute approximate surface area is 126 Å². The molecule has 0 saturated carbocycles. The number of benzene rings is 1. The zero-order chi connectivity index (χ0) is 14.7. The van der Waals surface area contributed by atoms with Crippen molar-refractivity contribution in [2.45, 2.75) is 4.90 Å². The van der Waals surface area contributed by atoms with Crippen molar-refractivity contribution < 1.29 is 4.74 Å². The van der Waals surface area contributed by atoms with Gasteiger partial charge in [-0.25, -0.2) is 4.98 Å². The van der Waals surface area contributed by atoms with Gasteiger partial charge in [0.15, 0.2) is 0 Å². The van der Waals surface area contributed by atoms with E-state index in [4.69, 9.17) is 10.00 Å². The van der Waals surface area contributed by atoms with E-state index in [1.807, 2.05) is 24.3 Å². The van der Waals surface area contributed by atoms with Crippen molar-refractivity contribution in [1.29, 1.82) is 5.26 Å². The van der Waals surface area contributed by atoms with E-state index in [2.05, 4.69) is 21.0 Å². The van der Waals surface area contributed by atoms with E-state index >= 15 is 0 Å². The third kappa shape index (κ3) is 2.69. The number of pyridine rings is 1. The molecule has 0 aliphatic carbocycles. The molecule has 0 aliphatic rings. The molecule has 0 spiro atoms. The third-order valence-corrected chi connectivity index (χ3v) is 3.88. The highest BCUT2D eigenvalue weighted by molar-refractivity contribution is 7.99. The van der Waals surface area contributed by atoms with Crippen molar-refractivity contribution >= 4 is 22.8 Å². The summed E-state index contributed by atoms with van der Waals surface area (Å²) in [6.07, 6.45) is 3.46. The molecule has 0 unspecified atom stereocenters. The molecule has 0 radical (unpaired) electrons. The summed E-state index contributed by atoms with van der Waals surface area (Å²) < 4.78 is 5.44. The number of nitrogens with zero attached hydrogens (tertiary/aromatic N) is 3. The number of imidazole rings is 1.